The zero-order valence-electron chi connectivity index (χ0n) is 10.3. The van der Waals surface area contributed by atoms with Crippen LogP contribution < -0.4 is 0 Å². The predicted molar refractivity (Wildman–Crippen MR) is 84.7 cm³/mol. The van der Waals surface area contributed by atoms with Gasteiger partial charge in [-0.1, -0.05) is 18.2 Å². The monoisotopic (exact) mass is 417 g/mol. The van der Waals surface area contributed by atoms with Gasteiger partial charge in [0.1, 0.15) is 0 Å². The number of rotatable bonds is 2. The summed E-state index contributed by atoms with van der Waals surface area (Å²) in [5.41, 5.74) is 0.713. The highest BCUT2D eigenvalue weighted by Crippen LogP contribution is 2.28. The van der Waals surface area contributed by atoms with Gasteiger partial charge >= 0.3 is 0 Å². The highest BCUT2D eigenvalue weighted by atomic mass is 79.9. The number of ketones is 1. The first-order valence-electron chi connectivity index (χ1n) is 5.51. The fourth-order valence-corrected chi connectivity index (χ4v) is 3.70. The number of carbonyl (C=O) groups is 1. The van der Waals surface area contributed by atoms with E-state index < -0.39 is 10.0 Å². The molecule has 0 amide bonds. The van der Waals surface area contributed by atoms with Gasteiger partial charge in [0.25, 0.3) is 10.0 Å². The largest absolute Gasteiger partial charge is 0.287 e. The summed E-state index contributed by atoms with van der Waals surface area (Å²) >= 11 is 6.24. The third kappa shape index (κ3) is 2.99. The molecule has 0 heterocycles. The molecule has 0 saturated heterocycles. The molecule has 104 valence electrons. The summed E-state index contributed by atoms with van der Waals surface area (Å²) in [7, 11) is -3.80. The summed E-state index contributed by atoms with van der Waals surface area (Å²) in [6.07, 6.45) is 1.41. The van der Waals surface area contributed by atoms with Crippen molar-refractivity contribution >= 4 is 53.4 Å². The summed E-state index contributed by atoms with van der Waals surface area (Å²) in [4.78, 5) is 11.8. The second-order valence-electron chi connectivity index (χ2n) is 4.03. The van der Waals surface area contributed by atoms with Crippen molar-refractivity contribution in [3.63, 3.8) is 0 Å². The average Bonchev–Trinajstić information content (AvgIpc) is 2.43. The molecule has 0 saturated carbocycles. The van der Waals surface area contributed by atoms with Gasteiger partial charge in [0.2, 0.25) is 5.78 Å². The number of nitrogens with zero attached hydrogens (tertiary/aromatic N) is 1. The van der Waals surface area contributed by atoms with E-state index in [0.29, 0.717) is 10.1 Å². The second kappa shape index (κ2) is 5.75. The van der Waals surface area contributed by atoms with E-state index in [-0.39, 0.29) is 20.9 Å². The molecule has 1 aliphatic rings. The minimum absolute atomic E-state index is 0.109. The first kappa shape index (κ1) is 15.3. The Morgan fingerprint density at radius 2 is 1.70 bits per heavy atom. The summed E-state index contributed by atoms with van der Waals surface area (Å²) in [6, 6.07) is 7.92. The van der Waals surface area contributed by atoms with E-state index in [1.807, 2.05) is 0 Å². The molecule has 0 radical (unpaired) electrons. The van der Waals surface area contributed by atoms with E-state index in [2.05, 4.69) is 36.3 Å². The minimum atomic E-state index is -3.80. The maximum Gasteiger partial charge on any atom is 0.282 e. The van der Waals surface area contributed by atoms with Crippen LogP contribution in [0.2, 0.25) is 0 Å². The van der Waals surface area contributed by atoms with Crippen LogP contribution in [-0.4, -0.2) is 19.9 Å². The van der Waals surface area contributed by atoms with Crippen LogP contribution in [0.15, 0.2) is 60.2 Å². The standard InChI is InChI=1S/C13H9Br2NO3S/c1-8-11(7-10(14)13(17)12(8)15)16-20(18,19)9-5-3-2-4-6-9/h2-7H,1H3/b16-11+. The zero-order valence-corrected chi connectivity index (χ0v) is 14.3. The van der Waals surface area contributed by atoms with Crippen LogP contribution in [-0.2, 0) is 14.8 Å². The van der Waals surface area contributed by atoms with Crippen molar-refractivity contribution in [2.45, 2.75) is 11.8 Å². The van der Waals surface area contributed by atoms with Crippen LogP contribution in [0.5, 0.6) is 0 Å². The Balaban J connectivity index is 2.54. The Labute approximate surface area is 133 Å². The molecule has 1 aliphatic carbocycles. The van der Waals surface area contributed by atoms with Gasteiger partial charge in [0.15, 0.2) is 0 Å². The Kier molecular flexibility index (Phi) is 4.41. The molecular weight excluding hydrogens is 410 g/mol. The maximum atomic E-state index is 12.2. The maximum absolute atomic E-state index is 12.2. The Bertz CT molecular complexity index is 762. The Morgan fingerprint density at radius 3 is 2.30 bits per heavy atom. The zero-order chi connectivity index (χ0) is 14.9. The van der Waals surface area contributed by atoms with Crippen LogP contribution in [0.4, 0.5) is 0 Å². The van der Waals surface area contributed by atoms with Gasteiger partial charge in [-0.3, -0.25) is 4.79 Å². The van der Waals surface area contributed by atoms with Crippen molar-refractivity contribution in [1.29, 1.82) is 0 Å². The molecule has 4 nitrogen and oxygen atoms in total. The molecule has 1 aromatic rings. The van der Waals surface area contributed by atoms with Gasteiger partial charge in [0.05, 0.1) is 19.6 Å². The first-order valence-corrected chi connectivity index (χ1v) is 8.54. The molecule has 20 heavy (non-hydrogen) atoms. The molecule has 0 aromatic heterocycles. The van der Waals surface area contributed by atoms with Gasteiger partial charge in [0, 0.05) is 0 Å². The van der Waals surface area contributed by atoms with Gasteiger partial charge in [-0.2, -0.15) is 12.8 Å². The van der Waals surface area contributed by atoms with Crippen molar-refractivity contribution in [3.8, 4) is 0 Å². The lowest BCUT2D eigenvalue weighted by Crippen LogP contribution is -2.14. The van der Waals surface area contributed by atoms with E-state index in [4.69, 9.17) is 0 Å². The second-order valence-corrected chi connectivity index (χ2v) is 7.28. The number of hydrogen-bond donors (Lipinski definition) is 0. The molecule has 1 aromatic carbocycles. The highest BCUT2D eigenvalue weighted by Gasteiger charge is 2.23. The smallest absolute Gasteiger partial charge is 0.282 e. The molecule has 0 unspecified atom stereocenters. The topological polar surface area (TPSA) is 63.6 Å². The Hall–Kier alpha value is -1.05. The van der Waals surface area contributed by atoms with Gasteiger partial charge in [-0.05, 0) is 62.6 Å². The van der Waals surface area contributed by atoms with Crippen LogP contribution in [0, 0.1) is 0 Å². The van der Waals surface area contributed by atoms with Crippen LogP contribution in [0.1, 0.15) is 6.92 Å². The molecule has 0 N–H and O–H groups in total. The SMILES string of the molecule is CC1=C(Br)C(=O)C(Br)=C/C1=N\S(=O)(=O)c1ccccc1. The number of Topliss-reactive ketones (excluding diaryl/α,β-unsaturated/α-hetero) is 1. The van der Waals surface area contributed by atoms with E-state index in [1.165, 1.54) is 18.2 Å². The normalized spacial score (nSPS) is 18.4. The lowest BCUT2D eigenvalue weighted by Gasteiger charge is -2.12. The summed E-state index contributed by atoms with van der Waals surface area (Å²) in [5, 5.41) is 0. The third-order valence-corrected chi connectivity index (χ3v) is 5.50. The third-order valence-electron chi connectivity index (χ3n) is 2.65. The number of sulfonamides is 1. The van der Waals surface area contributed by atoms with E-state index in [9.17, 15) is 13.2 Å². The van der Waals surface area contributed by atoms with Crippen LogP contribution >= 0.6 is 31.9 Å². The first-order chi connectivity index (χ1) is 9.33. The number of allylic oxidation sites excluding steroid dienone is 4. The van der Waals surface area contributed by atoms with Crippen molar-refractivity contribution in [1.82, 2.24) is 0 Å². The van der Waals surface area contributed by atoms with Crippen molar-refractivity contribution in [2.75, 3.05) is 0 Å². The number of halogens is 2. The van der Waals surface area contributed by atoms with Gasteiger partial charge in [-0.15, -0.1) is 0 Å². The van der Waals surface area contributed by atoms with E-state index in [0.717, 1.165) is 0 Å². The number of benzene rings is 1. The van der Waals surface area contributed by atoms with Crippen molar-refractivity contribution in [3.05, 3.63) is 50.9 Å². The molecule has 0 spiro atoms. The fourth-order valence-electron chi connectivity index (χ4n) is 1.55. The van der Waals surface area contributed by atoms with Crippen LogP contribution in [0.3, 0.4) is 0 Å². The molecule has 0 aliphatic heterocycles. The summed E-state index contributed by atoms with van der Waals surface area (Å²) in [6.45, 7) is 1.64. The van der Waals surface area contributed by atoms with Gasteiger partial charge in [-0.25, -0.2) is 0 Å². The predicted octanol–water partition coefficient (Wildman–Crippen LogP) is 3.35. The Morgan fingerprint density at radius 1 is 1.10 bits per heavy atom. The van der Waals surface area contributed by atoms with Gasteiger partial charge < -0.3 is 0 Å². The van der Waals surface area contributed by atoms with E-state index >= 15 is 0 Å². The lowest BCUT2D eigenvalue weighted by molar-refractivity contribution is -0.110. The molecule has 2 rings (SSSR count). The van der Waals surface area contributed by atoms with Crippen molar-refractivity contribution < 1.29 is 13.2 Å². The molecule has 0 atom stereocenters. The number of hydrogen-bond acceptors (Lipinski definition) is 3. The lowest BCUT2D eigenvalue weighted by atomic mass is 10.1. The molecule has 0 bridgehead atoms. The molecule has 7 heteroatoms. The summed E-state index contributed by atoms with van der Waals surface area (Å²) < 4.78 is 28.7. The minimum Gasteiger partial charge on any atom is -0.287 e. The van der Waals surface area contributed by atoms with Crippen LogP contribution in [0.25, 0.3) is 0 Å². The average molecular weight is 419 g/mol. The quantitative estimate of drug-likeness (QED) is 0.691. The van der Waals surface area contributed by atoms with E-state index in [1.54, 1.807) is 25.1 Å². The van der Waals surface area contributed by atoms with Crippen molar-refractivity contribution in [2.24, 2.45) is 4.40 Å². The molecular formula is C13H9Br2NO3S. The molecule has 0 fully saturated rings. The highest BCUT2D eigenvalue weighted by molar-refractivity contribution is 9.13. The summed E-state index contributed by atoms with van der Waals surface area (Å²) in [5.74, 6) is -0.237. The fraction of sp³-hybridized carbons (Fsp3) is 0.0769. The number of carbonyl (C=O) groups excluding carboxylic acids is 1.